The van der Waals surface area contributed by atoms with Crippen molar-refractivity contribution in [2.24, 2.45) is 5.92 Å². The highest BCUT2D eigenvalue weighted by molar-refractivity contribution is 5.51. The zero-order chi connectivity index (χ0) is 24.1. The molecule has 0 radical (unpaired) electrons. The van der Waals surface area contributed by atoms with E-state index in [0.717, 1.165) is 62.6 Å². The quantitative estimate of drug-likeness (QED) is 0.598. The summed E-state index contributed by atoms with van der Waals surface area (Å²) in [5.41, 5.74) is 5.19. The van der Waals surface area contributed by atoms with Crippen LogP contribution in [0.2, 0.25) is 0 Å². The average Bonchev–Trinajstić information content (AvgIpc) is 3.32. The van der Waals surface area contributed by atoms with Crippen LogP contribution < -0.4 is 15.0 Å². The van der Waals surface area contributed by atoms with Crippen LogP contribution >= 0.6 is 0 Å². The maximum atomic E-state index is 10.7. The van der Waals surface area contributed by atoms with Gasteiger partial charge in [-0.05, 0) is 48.4 Å². The first-order valence-corrected chi connectivity index (χ1v) is 11.8. The van der Waals surface area contributed by atoms with Crippen molar-refractivity contribution in [1.82, 2.24) is 15.2 Å². The van der Waals surface area contributed by atoms with Gasteiger partial charge in [0.05, 0.1) is 13.3 Å². The molecule has 180 valence electrons. The maximum absolute atomic E-state index is 10.7. The molecule has 0 aliphatic carbocycles. The summed E-state index contributed by atoms with van der Waals surface area (Å²) in [5, 5.41) is 12.9. The van der Waals surface area contributed by atoms with Crippen molar-refractivity contribution in [3.8, 4) is 11.8 Å². The van der Waals surface area contributed by atoms with E-state index in [4.69, 9.17) is 9.47 Å². The van der Waals surface area contributed by atoms with E-state index in [0.29, 0.717) is 30.3 Å². The molecule has 34 heavy (non-hydrogen) atoms. The van der Waals surface area contributed by atoms with Gasteiger partial charge < -0.3 is 19.7 Å². The van der Waals surface area contributed by atoms with E-state index in [9.17, 15) is 10.1 Å². The summed E-state index contributed by atoms with van der Waals surface area (Å²) >= 11 is 0. The van der Waals surface area contributed by atoms with Gasteiger partial charge in [-0.2, -0.15) is 5.26 Å². The van der Waals surface area contributed by atoms with Crippen LogP contribution in [0.1, 0.15) is 40.3 Å². The number of piperazine rings is 1. The lowest BCUT2D eigenvalue weighted by molar-refractivity contribution is -0.129. The fraction of sp³-hybridized carbons (Fsp3) is 0.500. The molecule has 0 bridgehead atoms. The lowest BCUT2D eigenvalue weighted by Gasteiger charge is -2.36. The number of hydrogen-bond acceptors (Lipinski definition) is 8. The van der Waals surface area contributed by atoms with Gasteiger partial charge in [0.25, 0.3) is 6.47 Å². The van der Waals surface area contributed by atoms with Crippen LogP contribution in [-0.4, -0.2) is 62.7 Å². The Bertz CT molecular complexity index is 1070. The molecule has 0 spiro atoms. The normalized spacial score (nSPS) is 20.7. The van der Waals surface area contributed by atoms with E-state index < -0.39 is 0 Å². The molecular weight excluding hydrogens is 430 g/mol. The largest absolute Gasteiger partial charge is 0.495 e. The number of ether oxygens (including phenoxy) is 2. The first-order valence-electron chi connectivity index (χ1n) is 11.8. The Kier molecular flexibility index (Phi) is 7.66. The molecule has 1 unspecified atom stereocenters. The van der Waals surface area contributed by atoms with E-state index >= 15 is 0 Å². The molecule has 2 aliphatic rings. The summed E-state index contributed by atoms with van der Waals surface area (Å²) in [6.45, 7) is 10.9. The molecule has 1 N–H and O–H groups in total. The molecule has 1 aromatic carbocycles. The lowest BCUT2D eigenvalue weighted by Crippen LogP contribution is -2.47. The molecule has 0 saturated carbocycles. The number of rotatable bonds is 8. The van der Waals surface area contributed by atoms with E-state index in [1.807, 2.05) is 6.07 Å². The number of aromatic nitrogens is 1. The van der Waals surface area contributed by atoms with Crippen LogP contribution in [-0.2, 0) is 16.1 Å². The van der Waals surface area contributed by atoms with Gasteiger partial charge in [-0.15, -0.1) is 0 Å². The second kappa shape index (κ2) is 10.9. The van der Waals surface area contributed by atoms with Gasteiger partial charge in [0.1, 0.15) is 29.8 Å². The Morgan fingerprint density at radius 1 is 1.29 bits per heavy atom. The number of aryl methyl sites for hydroxylation is 1. The van der Waals surface area contributed by atoms with Crippen molar-refractivity contribution in [1.29, 1.82) is 5.26 Å². The minimum Gasteiger partial charge on any atom is -0.495 e. The van der Waals surface area contributed by atoms with Gasteiger partial charge in [-0.1, -0.05) is 12.1 Å². The molecule has 4 rings (SSSR count). The molecule has 0 amide bonds. The third kappa shape index (κ3) is 5.16. The Morgan fingerprint density at radius 2 is 2.15 bits per heavy atom. The molecular formula is C26H33N5O3. The van der Waals surface area contributed by atoms with Gasteiger partial charge in [0, 0.05) is 51.4 Å². The number of nitrogens with zero attached hydrogens (tertiary/aromatic N) is 4. The van der Waals surface area contributed by atoms with Crippen LogP contribution in [0.5, 0.6) is 5.75 Å². The van der Waals surface area contributed by atoms with Gasteiger partial charge in [0.2, 0.25) is 0 Å². The maximum Gasteiger partial charge on any atom is 0.293 e. The number of methoxy groups -OCH3 is 1. The smallest absolute Gasteiger partial charge is 0.293 e. The molecule has 2 aromatic rings. The third-order valence-corrected chi connectivity index (χ3v) is 7.12. The number of anilines is 1. The molecule has 2 aliphatic heterocycles. The first-order chi connectivity index (χ1) is 16.5. The van der Waals surface area contributed by atoms with E-state index in [1.165, 1.54) is 11.1 Å². The molecule has 2 atom stereocenters. The Balaban J connectivity index is 1.39. The second-order valence-corrected chi connectivity index (χ2v) is 9.20. The van der Waals surface area contributed by atoms with Gasteiger partial charge in [-0.3, -0.25) is 9.69 Å². The minimum atomic E-state index is 0.256. The summed E-state index contributed by atoms with van der Waals surface area (Å²) in [5.74, 6) is 2.02. The van der Waals surface area contributed by atoms with E-state index in [1.54, 1.807) is 13.3 Å². The third-order valence-electron chi connectivity index (χ3n) is 7.12. The molecule has 3 heterocycles. The van der Waals surface area contributed by atoms with Gasteiger partial charge in [0.15, 0.2) is 0 Å². The Morgan fingerprint density at radius 3 is 2.91 bits per heavy atom. The van der Waals surface area contributed by atoms with Crippen molar-refractivity contribution < 1.29 is 14.3 Å². The summed E-state index contributed by atoms with van der Waals surface area (Å²) < 4.78 is 10.4. The predicted octanol–water partition coefficient (Wildman–Crippen LogP) is 2.72. The topological polar surface area (TPSA) is 90.7 Å². The van der Waals surface area contributed by atoms with Gasteiger partial charge in [-0.25, -0.2) is 4.98 Å². The SMILES string of the molecule is COc1cc(N2CCC(CN3CCN[C@H](c4ccc(C)c(COC=O)c4C)C3)C2)ncc1C#N. The molecule has 8 heteroatoms. The zero-order valence-electron chi connectivity index (χ0n) is 20.2. The van der Waals surface area contributed by atoms with Gasteiger partial charge >= 0.3 is 0 Å². The summed E-state index contributed by atoms with van der Waals surface area (Å²) in [6.07, 6.45) is 2.72. The fourth-order valence-corrected chi connectivity index (χ4v) is 5.22. The van der Waals surface area contributed by atoms with Crippen LogP contribution in [0.3, 0.4) is 0 Å². The molecule has 2 fully saturated rings. The lowest BCUT2D eigenvalue weighted by atomic mass is 9.92. The van der Waals surface area contributed by atoms with Crippen molar-refractivity contribution in [2.75, 3.05) is 51.3 Å². The van der Waals surface area contributed by atoms with E-state index in [-0.39, 0.29) is 6.04 Å². The number of nitrogens with one attached hydrogen (secondary N) is 1. The van der Waals surface area contributed by atoms with Crippen LogP contribution in [0.4, 0.5) is 5.82 Å². The van der Waals surface area contributed by atoms with Crippen LogP contribution in [0, 0.1) is 31.1 Å². The van der Waals surface area contributed by atoms with Crippen molar-refractivity contribution in [3.63, 3.8) is 0 Å². The zero-order valence-corrected chi connectivity index (χ0v) is 20.2. The number of benzene rings is 1. The summed E-state index contributed by atoms with van der Waals surface area (Å²) in [4.78, 5) is 20.0. The Hall–Kier alpha value is -3.15. The molecule has 8 nitrogen and oxygen atoms in total. The van der Waals surface area contributed by atoms with E-state index in [2.05, 4.69) is 52.2 Å². The minimum absolute atomic E-state index is 0.256. The summed E-state index contributed by atoms with van der Waals surface area (Å²) in [6, 6.07) is 8.58. The number of carbonyl (C=O) groups excluding carboxylic acids is 1. The number of pyridine rings is 1. The monoisotopic (exact) mass is 463 g/mol. The van der Waals surface area contributed by atoms with Crippen molar-refractivity contribution >= 4 is 12.3 Å². The highest BCUT2D eigenvalue weighted by atomic mass is 16.5. The first kappa shape index (κ1) is 24.0. The molecule has 1 aromatic heterocycles. The highest BCUT2D eigenvalue weighted by Crippen LogP contribution is 2.29. The fourth-order valence-electron chi connectivity index (χ4n) is 5.22. The van der Waals surface area contributed by atoms with Crippen molar-refractivity contribution in [2.45, 2.75) is 32.9 Å². The highest BCUT2D eigenvalue weighted by Gasteiger charge is 2.29. The second-order valence-electron chi connectivity index (χ2n) is 9.20. The number of hydrogen-bond donors (Lipinski definition) is 1. The number of carbonyl (C=O) groups is 1. The van der Waals surface area contributed by atoms with Crippen LogP contribution in [0.15, 0.2) is 24.4 Å². The van der Waals surface area contributed by atoms with Crippen molar-refractivity contribution in [3.05, 3.63) is 52.2 Å². The van der Waals surface area contributed by atoms with Crippen LogP contribution in [0.25, 0.3) is 0 Å². The Labute approximate surface area is 201 Å². The average molecular weight is 464 g/mol. The standard InChI is InChI=1S/C26H33N5O3/c1-18-4-5-22(19(2)23(18)16-34-17-32)24-15-30(9-7-28-24)13-20-6-8-31(14-20)26-10-25(33-3)21(11-27)12-29-26/h4-5,10,12,17,20,24,28H,6-9,13-16H2,1-3H3/t20?,24-/m0/s1. The predicted molar refractivity (Wildman–Crippen MR) is 130 cm³/mol. The number of nitriles is 1. The molecule has 2 saturated heterocycles. The summed E-state index contributed by atoms with van der Waals surface area (Å²) in [7, 11) is 1.58.